The highest BCUT2D eigenvalue weighted by atomic mass is 79.9. The monoisotopic (exact) mass is 230 g/mol. The second-order valence-corrected chi connectivity index (χ2v) is 4.02. The highest BCUT2D eigenvalue weighted by Crippen LogP contribution is 2.19. The summed E-state index contributed by atoms with van der Waals surface area (Å²) in [6, 6.07) is 0. The Kier molecular flexibility index (Phi) is 4.59. The van der Waals surface area contributed by atoms with Crippen LogP contribution in [0.1, 0.15) is 32.1 Å². The van der Waals surface area contributed by atoms with E-state index in [1.807, 2.05) is 0 Å². The molecule has 1 rings (SSSR count). The summed E-state index contributed by atoms with van der Waals surface area (Å²) in [7, 11) is 0. The minimum Gasteiger partial charge on any atom is -0.299 e. The van der Waals surface area contributed by atoms with E-state index in [4.69, 9.17) is 0 Å². The third-order valence-electron chi connectivity index (χ3n) is 2.24. The van der Waals surface area contributed by atoms with E-state index in [0.29, 0.717) is 5.78 Å². The van der Waals surface area contributed by atoms with Gasteiger partial charge in [-0.1, -0.05) is 34.5 Å². The van der Waals surface area contributed by atoms with Gasteiger partial charge in [-0.15, -0.1) is 0 Å². The molecular formula is C10H15BrO. The summed E-state index contributed by atoms with van der Waals surface area (Å²) in [5.74, 6) is 0.671. The predicted octanol–water partition coefficient (Wildman–Crippen LogP) is 3.09. The van der Waals surface area contributed by atoms with Crippen LogP contribution in [-0.2, 0) is 4.79 Å². The summed E-state index contributed by atoms with van der Waals surface area (Å²) in [5.41, 5.74) is 0. The molecular weight excluding hydrogens is 216 g/mol. The fourth-order valence-electron chi connectivity index (χ4n) is 1.49. The third-order valence-corrected chi connectivity index (χ3v) is 2.80. The molecule has 0 aliphatic heterocycles. The number of alkyl halides is 1. The van der Waals surface area contributed by atoms with E-state index in [1.54, 1.807) is 0 Å². The number of hydrogen-bond donors (Lipinski definition) is 0. The highest BCUT2D eigenvalue weighted by Gasteiger charge is 2.16. The van der Waals surface area contributed by atoms with Crippen molar-refractivity contribution in [3.8, 4) is 0 Å². The van der Waals surface area contributed by atoms with Crippen LogP contribution in [0.2, 0.25) is 0 Å². The Morgan fingerprint density at radius 1 is 1.50 bits per heavy atom. The second kappa shape index (κ2) is 5.52. The molecule has 0 spiro atoms. The molecule has 0 heterocycles. The van der Waals surface area contributed by atoms with Gasteiger partial charge >= 0.3 is 0 Å². The zero-order valence-corrected chi connectivity index (χ0v) is 8.85. The van der Waals surface area contributed by atoms with Crippen LogP contribution in [0.4, 0.5) is 0 Å². The predicted molar refractivity (Wildman–Crippen MR) is 54.5 cm³/mol. The van der Waals surface area contributed by atoms with Crippen molar-refractivity contribution in [3.05, 3.63) is 12.2 Å². The normalized spacial score (nSPS) is 23.1. The molecule has 0 aromatic carbocycles. The first-order valence-corrected chi connectivity index (χ1v) is 5.72. The first-order valence-electron chi connectivity index (χ1n) is 4.60. The number of allylic oxidation sites excluding steroid dienone is 2. The van der Waals surface area contributed by atoms with Gasteiger partial charge in [0.2, 0.25) is 0 Å². The van der Waals surface area contributed by atoms with E-state index in [-0.39, 0.29) is 5.92 Å². The molecule has 1 aliphatic rings. The SMILES string of the molecule is O=C1CCC=CC1CCCCBr. The fraction of sp³-hybridized carbons (Fsp3) is 0.700. The highest BCUT2D eigenvalue weighted by molar-refractivity contribution is 9.09. The molecule has 0 fully saturated rings. The van der Waals surface area contributed by atoms with Crippen molar-refractivity contribution in [1.29, 1.82) is 0 Å². The van der Waals surface area contributed by atoms with Gasteiger partial charge in [0.05, 0.1) is 0 Å². The Balaban J connectivity index is 2.25. The number of hydrogen-bond acceptors (Lipinski definition) is 1. The zero-order chi connectivity index (χ0) is 8.81. The average molecular weight is 231 g/mol. The van der Waals surface area contributed by atoms with Crippen LogP contribution in [0.15, 0.2) is 12.2 Å². The quantitative estimate of drug-likeness (QED) is 0.412. The number of unbranched alkanes of at least 4 members (excludes halogenated alkanes) is 1. The van der Waals surface area contributed by atoms with Crippen molar-refractivity contribution in [2.75, 3.05) is 5.33 Å². The van der Waals surface area contributed by atoms with Crippen molar-refractivity contribution in [1.82, 2.24) is 0 Å². The molecule has 0 saturated heterocycles. The van der Waals surface area contributed by atoms with E-state index in [9.17, 15) is 4.79 Å². The van der Waals surface area contributed by atoms with Gasteiger partial charge in [-0.05, 0) is 19.3 Å². The molecule has 0 radical (unpaired) electrons. The summed E-state index contributed by atoms with van der Waals surface area (Å²) in [6.45, 7) is 0. The van der Waals surface area contributed by atoms with Crippen molar-refractivity contribution in [3.63, 3.8) is 0 Å². The van der Waals surface area contributed by atoms with Crippen LogP contribution in [0, 0.1) is 5.92 Å². The number of rotatable bonds is 4. The van der Waals surface area contributed by atoms with Gasteiger partial charge in [0, 0.05) is 17.7 Å². The van der Waals surface area contributed by atoms with Crippen LogP contribution in [0.25, 0.3) is 0 Å². The number of carbonyl (C=O) groups excluding carboxylic acids is 1. The van der Waals surface area contributed by atoms with Crippen molar-refractivity contribution >= 4 is 21.7 Å². The lowest BCUT2D eigenvalue weighted by molar-refractivity contribution is -0.122. The molecule has 0 N–H and O–H groups in total. The van der Waals surface area contributed by atoms with E-state index in [0.717, 1.165) is 31.0 Å². The molecule has 0 bridgehead atoms. The van der Waals surface area contributed by atoms with Gasteiger partial charge in [-0.25, -0.2) is 0 Å². The average Bonchev–Trinajstić information content (AvgIpc) is 2.09. The van der Waals surface area contributed by atoms with Gasteiger partial charge in [0.25, 0.3) is 0 Å². The molecule has 1 aliphatic carbocycles. The van der Waals surface area contributed by atoms with Crippen molar-refractivity contribution in [2.45, 2.75) is 32.1 Å². The summed E-state index contributed by atoms with van der Waals surface area (Å²) in [6.07, 6.45) is 9.31. The Morgan fingerprint density at radius 2 is 2.33 bits per heavy atom. The summed E-state index contributed by atoms with van der Waals surface area (Å²) in [4.78, 5) is 11.3. The van der Waals surface area contributed by atoms with Gasteiger partial charge in [-0.2, -0.15) is 0 Å². The van der Waals surface area contributed by atoms with E-state index >= 15 is 0 Å². The topological polar surface area (TPSA) is 17.1 Å². The number of Topliss-reactive ketones (excluding diaryl/α,β-unsaturated/α-hetero) is 1. The zero-order valence-electron chi connectivity index (χ0n) is 7.26. The summed E-state index contributed by atoms with van der Waals surface area (Å²) >= 11 is 3.39. The fourth-order valence-corrected chi connectivity index (χ4v) is 1.89. The Bertz CT molecular complexity index is 175. The van der Waals surface area contributed by atoms with E-state index in [1.165, 1.54) is 6.42 Å². The van der Waals surface area contributed by atoms with Crippen LogP contribution in [-0.4, -0.2) is 11.1 Å². The summed E-state index contributed by atoms with van der Waals surface area (Å²) < 4.78 is 0. The lowest BCUT2D eigenvalue weighted by Crippen LogP contribution is -2.14. The molecule has 0 aromatic heterocycles. The molecule has 12 heavy (non-hydrogen) atoms. The Hall–Kier alpha value is -0.110. The third kappa shape index (κ3) is 3.10. The lowest BCUT2D eigenvalue weighted by Gasteiger charge is -2.14. The standard InChI is InChI=1S/C10H15BrO/c11-8-4-3-6-9-5-1-2-7-10(9)12/h1,5,9H,2-4,6-8H2. The molecule has 1 unspecified atom stereocenters. The van der Waals surface area contributed by atoms with Crippen LogP contribution < -0.4 is 0 Å². The van der Waals surface area contributed by atoms with Crippen molar-refractivity contribution < 1.29 is 4.79 Å². The number of ketones is 1. The van der Waals surface area contributed by atoms with Crippen LogP contribution in [0.3, 0.4) is 0 Å². The van der Waals surface area contributed by atoms with Gasteiger partial charge < -0.3 is 0 Å². The van der Waals surface area contributed by atoms with Crippen LogP contribution in [0.5, 0.6) is 0 Å². The number of halogens is 1. The van der Waals surface area contributed by atoms with Crippen molar-refractivity contribution in [2.24, 2.45) is 5.92 Å². The van der Waals surface area contributed by atoms with Crippen LogP contribution >= 0.6 is 15.9 Å². The van der Waals surface area contributed by atoms with E-state index < -0.39 is 0 Å². The Labute approximate surface area is 82.4 Å². The number of carbonyl (C=O) groups is 1. The molecule has 0 amide bonds. The first-order chi connectivity index (χ1) is 5.84. The first kappa shape index (κ1) is 9.97. The molecule has 0 aromatic rings. The second-order valence-electron chi connectivity index (χ2n) is 3.22. The maximum Gasteiger partial charge on any atom is 0.140 e. The maximum atomic E-state index is 11.3. The smallest absolute Gasteiger partial charge is 0.140 e. The largest absolute Gasteiger partial charge is 0.299 e. The van der Waals surface area contributed by atoms with E-state index in [2.05, 4.69) is 28.1 Å². The summed E-state index contributed by atoms with van der Waals surface area (Å²) in [5, 5.41) is 1.05. The minimum atomic E-state index is 0.234. The molecule has 68 valence electrons. The van der Waals surface area contributed by atoms with Gasteiger partial charge in [0.15, 0.2) is 0 Å². The Morgan fingerprint density at radius 3 is 3.00 bits per heavy atom. The minimum absolute atomic E-state index is 0.234. The lowest BCUT2D eigenvalue weighted by atomic mass is 9.90. The molecule has 1 nitrogen and oxygen atoms in total. The van der Waals surface area contributed by atoms with Gasteiger partial charge in [0.1, 0.15) is 5.78 Å². The molecule has 2 heteroatoms. The van der Waals surface area contributed by atoms with Gasteiger partial charge in [-0.3, -0.25) is 4.79 Å². The molecule has 0 saturated carbocycles. The maximum absolute atomic E-state index is 11.3. The molecule has 1 atom stereocenters.